The van der Waals surface area contributed by atoms with Crippen molar-refractivity contribution in [1.82, 2.24) is 0 Å². The third kappa shape index (κ3) is 29.4. The lowest BCUT2D eigenvalue weighted by atomic mass is 10.0. The maximum atomic E-state index is 11.8. The van der Waals surface area contributed by atoms with E-state index >= 15 is 0 Å². The molecule has 0 unspecified atom stereocenters. The van der Waals surface area contributed by atoms with Crippen LogP contribution in [0.2, 0.25) is 0 Å². The standard InChI is InChI=1S/C31H62O2/c1-4-5-6-7-8-9-10-11-12-13-17-20-23-26-29-33-31(32)28-25-22-19-16-14-15-18-21-24-27-30(2)3/h30H,4-29H2,1-3H3. The fourth-order valence-corrected chi connectivity index (χ4v) is 4.61. The molecule has 0 atom stereocenters. The smallest absolute Gasteiger partial charge is 0.305 e. The zero-order valence-corrected chi connectivity index (χ0v) is 23.3. The van der Waals surface area contributed by atoms with Gasteiger partial charge in [0.05, 0.1) is 6.61 Å². The van der Waals surface area contributed by atoms with E-state index in [-0.39, 0.29) is 5.97 Å². The summed E-state index contributed by atoms with van der Waals surface area (Å²) in [7, 11) is 0. The molecule has 2 heteroatoms. The first-order valence-corrected chi connectivity index (χ1v) is 15.3. The van der Waals surface area contributed by atoms with Crippen molar-refractivity contribution in [2.45, 2.75) is 181 Å². The molecular weight excluding hydrogens is 404 g/mol. The molecular formula is C31H62O2. The predicted octanol–water partition coefficient (Wildman–Crippen LogP) is 11.0. The minimum absolute atomic E-state index is 0.0230. The average molecular weight is 467 g/mol. The Morgan fingerprint density at radius 1 is 0.515 bits per heavy atom. The molecule has 0 bridgehead atoms. The van der Waals surface area contributed by atoms with Crippen LogP contribution in [0.5, 0.6) is 0 Å². The third-order valence-corrected chi connectivity index (χ3v) is 6.92. The fourth-order valence-electron chi connectivity index (χ4n) is 4.61. The van der Waals surface area contributed by atoms with Gasteiger partial charge in [0.15, 0.2) is 0 Å². The summed E-state index contributed by atoms with van der Waals surface area (Å²) in [5, 5.41) is 0. The van der Waals surface area contributed by atoms with E-state index in [4.69, 9.17) is 4.74 Å². The second kappa shape index (κ2) is 27.7. The van der Waals surface area contributed by atoms with Crippen LogP contribution < -0.4 is 0 Å². The van der Waals surface area contributed by atoms with Gasteiger partial charge in [0.2, 0.25) is 0 Å². The van der Waals surface area contributed by atoms with Crippen LogP contribution in [-0.2, 0) is 9.53 Å². The zero-order valence-electron chi connectivity index (χ0n) is 23.3. The van der Waals surface area contributed by atoms with Gasteiger partial charge in [-0.2, -0.15) is 0 Å². The lowest BCUT2D eigenvalue weighted by molar-refractivity contribution is -0.143. The van der Waals surface area contributed by atoms with Crippen molar-refractivity contribution in [1.29, 1.82) is 0 Å². The van der Waals surface area contributed by atoms with E-state index in [9.17, 15) is 4.79 Å². The first kappa shape index (κ1) is 32.5. The number of esters is 1. The Bertz CT molecular complexity index is 377. The molecule has 198 valence electrons. The number of unbranched alkanes of at least 4 members (excludes halogenated alkanes) is 21. The quantitative estimate of drug-likeness (QED) is 0.0888. The Morgan fingerprint density at radius 2 is 0.879 bits per heavy atom. The molecule has 0 N–H and O–H groups in total. The SMILES string of the molecule is CCCCCCCCCCCCCCCCOC(=O)CCCCCCCCCCCC(C)C. The largest absolute Gasteiger partial charge is 0.466 e. The molecule has 0 aromatic rings. The van der Waals surface area contributed by atoms with Crippen molar-refractivity contribution in [2.75, 3.05) is 6.61 Å². The summed E-state index contributed by atoms with van der Waals surface area (Å²) in [5.41, 5.74) is 0. The van der Waals surface area contributed by atoms with Gasteiger partial charge in [0.1, 0.15) is 0 Å². The predicted molar refractivity (Wildman–Crippen MR) is 147 cm³/mol. The first-order chi connectivity index (χ1) is 16.2. The first-order valence-electron chi connectivity index (χ1n) is 15.3. The number of carbonyl (C=O) groups excluding carboxylic acids is 1. The maximum absolute atomic E-state index is 11.8. The maximum Gasteiger partial charge on any atom is 0.305 e. The zero-order chi connectivity index (χ0) is 24.2. The molecule has 2 nitrogen and oxygen atoms in total. The molecule has 0 fully saturated rings. The van der Waals surface area contributed by atoms with E-state index < -0.39 is 0 Å². The Balaban J connectivity index is 3.15. The molecule has 0 saturated carbocycles. The highest BCUT2D eigenvalue weighted by molar-refractivity contribution is 5.69. The minimum Gasteiger partial charge on any atom is -0.466 e. The summed E-state index contributed by atoms with van der Waals surface area (Å²) < 4.78 is 5.41. The summed E-state index contributed by atoms with van der Waals surface area (Å²) in [6, 6.07) is 0. The lowest BCUT2D eigenvalue weighted by Gasteiger charge is -2.06. The third-order valence-electron chi connectivity index (χ3n) is 6.92. The molecule has 0 radical (unpaired) electrons. The van der Waals surface area contributed by atoms with Gasteiger partial charge in [0.25, 0.3) is 0 Å². The Labute approximate surface area is 209 Å². The Morgan fingerprint density at radius 3 is 1.30 bits per heavy atom. The monoisotopic (exact) mass is 466 g/mol. The Kier molecular flexibility index (Phi) is 27.3. The molecule has 33 heavy (non-hydrogen) atoms. The highest BCUT2D eigenvalue weighted by Gasteiger charge is 2.03. The van der Waals surface area contributed by atoms with E-state index in [1.54, 1.807) is 0 Å². The highest BCUT2D eigenvalue weighted by atomic mass is 16.5. The number of hydrogen-bond acceptors (Lipinski definition) is 2. The number of hydrogen-bond donors (Lipinski definition) is 0. The van der Waals surface area contributed by atoms with Crippen molar-refractivity contribution in [2.24, 2.45) is 5.92 Å². The van der Waals surface area contributed by atoms with Crippen molar-refractivity contribution < 1.29 is 9.53 Å². The summed E-state index contributed by atoms with van der Waals surface area (Å²) >= 11 is 0. The highest BCUT2D eigenvalue weighted by Crippen LogP contribution is 2.15. The van der Waals surface area contributed by atoms with Crippen molar-refractivity contribution in [3.05, 3.63) is 0 Å². The molecule has 0 amide bonds. The summed E-state index contributed by atoms with van der Waals surface area (Å²) in [6.45, 7) is 7.55. The van der Waals surface area contributed by atoms with E-state index in [0.717, 1.165) is 18.8 Å². The van der Waals surface area contributed by atoms with Crippen LogP contribution in [0.3, 0.4) is 0 Å². The van der Waals surface area contributed by atoms with Gasteiger partial charge in [-0.15, -0.1) is 0 Å². The number of rotatable bonds is 27. The van der Waals surface area contributed by atoms with Crippen LogP contribution in [0.25, 0.3) is 0 Å². The molecule has 0 saturated heterocycles. The van der Waals surface area contributed by atoms with E-state index in [2.05, 4.69) is 20.8 Å². The molecule has 0 aliphatic rings. The van der Waals surface area contributed by atoms with Gasteiger partial charge in [-0.3, -0.25) is 4.79 Å². The van der Waals surface area contributed by atoms with Crippen LogP contribution >= 0.6 is 0 Å². The molecule has 0 aromatic carbocycles. The van der Waals surface area contributed by atoms with Crippen molar-refractivity contribution in [3.8, 4) is 0 Å². The summed E-state index contributed by atoms with van der Waals surface area (Å²) in [6.07, 6.45) is 32.8. The number of ether oxygens (including phenoxy) is 1. The second-order valence-corrected chi connectivity index (χ2v) is 10.9. The molecule has 0 rings (SSSR count). The van der Waals surface area contributed by atoms with E-state index in [0.29, 0.717) is 13.0 Å². The minimum atomic E-state index is 0.0230. The fraction of sp³-hybridized carbons (Fsp3) is 0.968. The van der Waals surface area contributed by atoms with E-state index in [1.165, 1.54) is 141 Å². The second-order valence-electron chi connectivity index (χ2n) is 10.9. The van der Waals surface area contributed by atoms with Gasteiger partial charge >= 0.3 is 5.97 Å². The van der Waals surface area contributed by atoms with Crippen LogP contribution in [0.1, 0.15) is 181 Å². The lowest BCUT2D eigenvalue weighted by Crippen LogP contribution is -2.05. The molecule has 0 aliphatic heterocycles. The summed E-state index contributed by atoms with van der Waals surface area (Å²) in [5.74, 6) is 0.880. The average Bonchev–Trinajstić information content (AvgIpc) is 2.79. The van der Waals surface area contributed by atoms with Crippen LogP contribution in [0.4, 0.5) is 0 Å². The van der Waals surface area contributed by atoms with Gasteiger partial charge in [-0.05, 0) is 18.8 Å². The van der Waals surface area contributed by atoms with Gasteiger partial charge in [-0.1, -0.05) is 162 Å². The van der Waals surface area contributed by atoms with E-state index in [1.807, 2.05) is 0 Å². The summed E-state index contributed by atoms with van der Waals surface area (Å²) in [4.78, 5) is 11.8. The number of carbonyl (C=O) groups is 1. The van der Waals surface area contributed by atoms with Crippen LogP contribution in [0, 0.1) is 5.92 Å². The molecule has 0 spiro atoms. The van der Waals surface area contributed by atoms with Crippen molar-refractivity contribution >= 4 is 5.97 Å². The normalized spacial score (nSPS) is 11.4. The molecule has 0 aromatic heterocycles. The molecule has 0 aliphatic carbocycles. The topological polar surface area (TPSA) is 26.3 Å². The molecule has 0 heterocycles. The van der Waals surface area contributed by atoms with Gasteiger partial charge in [-0.25, -0.2) is 0 Å². The van der Waals surface area contributed by atoms with Gasteiger partial charge < -0.3 is 4.74 Å². The van der Waals surface area contributed by atoms with Gasteiger partial charge in [0, 0.05) is 6.42 Å². The van der Waals surface area contributed by atoms with Crippen LogP contribution in [0.15, 0.2) is 0 Å². The van der Waals surface area contributed by atoms with Crippen LogP contribution in [-0.4, -0.2) is 12.6 Å². The Hall–Kier alpha value is -0.530. The van der Waals surface area contributed by atoms with Crippen molar-refractivity contribution in [3.63, 3.8) is 0 Å².